The number of fused-ring (bicyclic) bond motifs is 1. The van der Waals surface area contributed by atoms with Crippen LogP contribution >= 0.6 is 11.6 Å². The monoisotopic (exact) mass is 343 g/mol. The maximum Gasteiger partial charge on any atom is 0.138 e. The lowest BCUT2D eigenvalue weighted by Gasteiger charge is -2.08. The predicted octanol–water partition coefficient (Wildman–Crippen LogP) is 4.04. The average molecular weight is 344 g/mol. The van der Waals surface area contributed by atoms with Crippen molar-refractivity contribution in [2.75, 3.05) is 20.3 Å². The summed E-state index contributed by atoms with van der Waals surface area (Å²) < 4.78 is 11.3. The maximum absolute atomic E-state index is 8.99. The zero-order chi connectivity index (χ0) is 16.9. The maximum atomic E-state index is 8.99. The first kappa shape index (κ1) is 16.6. The minimum Gasteiger partial charge on any atom is -0.497 e. The van der Waals surface area contributed by atoms with E-state index in [4.69, 9.17) is 25.9 Å². The van der Waals surface area contributed by atoms with Crippen molar-refractivity contribution in [3.8, 4) is 17.1 Å². The highest BCUT2D eigenvalue weighted by atomic mass is 35.5. The molecule has 0 aliphatic rings. The molecule has 1 N–H and O–H groups in total. The Morgan fingerprint density at radius 3 is 2.75 bits per heavy atom. The van der Waals surface area contributed by atoms with Gasteiger partial charge in [0.1, 0.15) is 17.1 Å². The van der Waals surface area contributed by atoms with Gasteiger partial charge in [-0.05, 0) is 36.8 Å². The Morgan fingerprint density at radius 1 is 1.17 bits per heavy atom. The molecule has 0 aliphatic carbocycles. The van der Waals surface area contributed by atoms with E-state index in [-0.39, 0.29) is 6.61 Å². The molecule has 3 aromatic rings. The van der Waals surface area contributed by atoms with Crippen LogP contribution in [0.4, 0.5) is 0 Å². The van der Waals surface area contributed by atoms with Gasteiger partial charge in [-0.1, -0.05) is 23.7 Å². The van der Waals surface area contributed by atoms with Crippen LogP contribution < -0.4 is 10.1 Å². The van der Waals surface area contributed by atoms with Gasteiger partial charge >= 0.3 is 0 Å². The van der Waals surface area contributed by atoms with Crippen LogP contribution in [0.5, 0.6) is 5.75 Å². The van der Waals surface area contributed by atoms with E-state index in [1.807, 2.05) is 48.5 Å². The summed E-state index contributed by atoms with van der Waals surface area (Å²) in [7, 11) is 1.62. The van der Waals surface area contributed by atoms with Gasteiger partial charge in [-0.3, -0.25) is 4.99 Å². The van der Waals surface area contributed by atoms with Gasteiger partial charge in [0.2, 0.25) is 0 Å². The van der Waals surface area contributed by atoms with Crippen LogP contribution in [0.3, 0.4) is 0 Å². The molecular weight excluding hydrogens is 326 g/mol. The summed E-state index contributed by atoms with van der Waals surface area (Å²) in [5.74, 6) is 1.39. The molecule has 0 saturated heterocycles. The molecule has 4 nitrogen and oxygen atoms in total. The number of ether oxygens (including phenoxy) is 1. The Hall–Kier alpha value is -2.30. The van der Waals surface area contributed by atoms with Gasteiger partial charge in [-0.15, -0.1) is 0 Å². The van der Waals surface area contributed by atoms with E-state index in [2.05, 4.69) is 4.99 Å². The topological polar surface area (TPSA) is 55.0 Å². The second-order valence-electron chi connectivity index (χ2n) is 5.30. The normalized spacial score (nSPS) is 11.9. The molecule has 0 aliphatic heterocycles. The molecule has 1 aromatic heterocycles. The minimum atomic E-state index is 0.110. The van der Waals surface area contributed by atoms with E-state index in [1.165, 1.54) is 0 Å². The molecule has 3 rings (SSSR count). The zero-order valence-electron chi connectivity index (χ0n) is 13.3. The van der Waals surface area contributed by atoms with E-state index < -0.39 is 0 Å². The molecular formula is C19H18ClNO3. The van der Waals surface area contributed by atoms with E-state index in [0.29, 0.717) is 29.3 Å². The SMILES string of the molecule is COc1ccc2oc(-c3ccccc3Cl)cc(=NCCCO)c2c1. The van der Waals surface area contributed by atoms with Gasteiger partial charge in [-0.2, -0.15) is 0 Å². The van der Waals surface area contributed by atoms with Crippen LogP contribution in [0, 0.1) is 0 Å². The third-order valence-corrected chi connectivity index (χ3v) is 4.02. The van der Waals surface area contributed by atoms with Crippen LogP contribution in [0.2, 0.25) is 5.02 Å². The molecule has 0 spiro atoms. The fraction of sp³-hybridized carbons (Fsp3) is 0.211. The summed E-state index contributed by atoms with van der Waals surface area (Å²) in [6.45, 7) is 0.647. The number of methoxy groups -OCH3 is 1. The second-order valence-corrected chi connectivity index (χ2v) is 5.70. The lowest BCUT2D eigenvalue weighted by Crippen LogP contribution is -2.06. The van der Waals surface area contributed by atoms with Gasteiger partial charge in [-0.25, -0.2) is 0 Å². The molecule has 0 bridgehead atoms. The highest BCUT2D eigenvalue weighted by Gasteiger charge is 2.09. The first-order chi connectivity index (χ1) is 11.7. The van der Waals surface area contributed by atoms with Gasteiger partial charge in [0.25, 0.3) is 0 Å². The predicted molar refractivity (Wildman–Crippen MR) is 95.3 cm³/mol. The Morgan fingerprint density at radius 2 is 2.00 bits per heavy atom. The number of nitrogens with zero attached hydrogens (tertiary/aromatic N) is 1. The summed E-state index contributed by atoms with van der Waals surface area (Å²) in [6.07, 6.45) is 0.610. The van der Waals surface area contributed by atoms with Crippen LogP contribution in [0.1, 0.15) is 6.42 Å². The molecule has 0 radical (unpaired) electrons. The standard InChI is InChI=1S/C19H18ClNO3/c1-23-13-7-8-18-15(11-13)17(21-9-4-10-22)12-19(24-18)14-5-2-3-6-16(14)20/h2-3,5-8,11-12,22H,4,9-10H2,1H3. The highest BCUT2D eigenvalue weighted by Crippen LogP contribution is 2.29. The smallest absolute Gasteiger partial charge is 0.138 e. The van der Waals surface area contributed by atoms with E-state index in [0.717, 1.165) is 22.1 Å². The number of benzene rings is 2. The van der Waals surface area contributed by atoms with Gasteiger partial charge in [0.05, 0.1) is 17.5 Å². The van der Waals surface area contributed by atoms with Crippen LogP contribution in [0.15, 0.2) is 57.9 Å². The minimum absolute atomic E-state index is 0.110. The molecule has 0 saturated carbocycles. The molecule has 124 valence electrons. The van der Waals surface area contributed by atoms with Crippen molar-refractivity contribution in [2.24, 2.45) is 4.99 Å². The summed E-state index contributed by atoms with van der Waals surface area (Å²) in [6, 6.07) is 15.0. The van der Waals surface area contributed by atoms with Crippen LogP contribution in [-0.2, 0) is 0 Å². The van der Waals surface area contributed by atoms with Crippen molar-refractivity contribution >= 4 is 22.6 Å². The van der Waals surface area contributed by atoms with Crippen molar-refractivity contribution in [3.63, 3.8) is 0 Å². The summed E-state index contributed by atoms with van der Waals surface area (Å²) >= 11 is 6.29. The van der Waals surface area contributed by atoms with Crippen molar-refractivity contribution in [3.05, 3.63) is 58.9 Å². The Balaban J connectivity index is 2.23. The van der Waals surface area contributed by atoms with E-state index in [9.17, 15) is 0 Å². The van der Waals surface area contributed by atoms with Gasteiger partial charge < -0.3 is 14.3 Å². The van der Waals surface area contributed by atoms with Crippen LogP contribution in [-0.4, -0.2) is 25.4 Å². The number of hydrogen-bond donors (Lipinski definition) is 1. The third-order valence-electron chi connectivity index (χ3n) is 3.69. The summed E-state index contributed by atoms with van der Waals surface area (Å²) in [4.78, 5) is 4.60. The van der Waals surface area contributed by atoms with Crippen molar-refractivity contribution < 1.29 is 14.3 Å². The van der Waals surface area contributed by atoms with Crippen molar-refractivity contribution in [1.82, 2.24) is 0 Å². The number of aliphatic hydroxyl groups is 1. The third kappa shape index (κ3) is 3.45. The molecule has 2 aromatic carbocycles. The Kier molecular flexibility index (Phi) is 5.18. The number of hydrogen-bond acceptors (Lipinski definition) is 4. The molecule has 1 heterocycles. The molecule has 5 heteroatoms. The molecule has 0 unspecified atom stereocenters. The van der Waals surface area contributed by atoms with Crippen molar-refractivity contribution in [2.45, 2.75) is 6.42 Å². The molecule has 0 fully saturated rings. The van der Waals surface area contributed by atoms with Crippen LogP contribution in [0.25, 0.3) is 22.3 Å². The largest absolute Gasteiger partial charge is 0.497 e. The molecule has 0 atom stereocenters. The van der Waals surface area contributed by atoms with E-state index in [1.54, 1.807) is 7.11 Å². The van der Waals surface area contributed by atoms with Crippen molar-refractivity contribution in [1.29, 1.82) is 0 Å². The lowest BCUT2D eigenvalue weighted by molar-refractivity contribution is 0.291. The quantitative estimate of drug-likeness (QED) is 0.711. The average Bonchev–Trinajstić information content (AvgIpc) is 2.61. The second kappa shape index (κ2) is 7.51. The van der Waals surface area contributed by atoms with E-state index >= 15 is 0 Å². The van der Waals surface area contributed by atoms with Gasteiger partial charge in [0.15, 0.2) is 0 Å². The first-order valence-corrected chi connectivity index (χ1v) is 8.09. The Bertz CT molecular complexity index is 918. The first-order valence-electron chi connectivity index (χ1n) is 7.71. The Labute approximate surface area is 145 Å². The fourth-order valence-electron chi connectivity index (χ4n) is 2.47. The van der Waals surface area contributed by atoms with Gasteiger partial charge in [0, 0.05) is 30.2 Å². The summed E-state index contributed by atoms with van der Waals surface area (Å²) in [5, 5.41) is 11.3. The number of aliphatic hydroxyl groups excluding tert-OH is 1. The summed E-state index contributed by atoms with van der Waals surface area (Å²) in [5.41, 5.74) is 1.52. The molecule has 24 heavy (non-hydrogen) atoms. The lowest BCUT2D eigenvalue weighted by atomic mass is 10.1. The zero-order valence-corrected chi connectivity index (χ0v) is 14.1. The number of rotatable bonds is 5. The fourth-order valence-corrected chi connectivity index (χ4v) is 2.70. The molecule has 0 amide bonds. The highest BCUT2D eigenvalue weighted by molar-refractivity contribution is 6.33. The number of halogens is 1.